The van der Waals surface area contributed by atoms with Crippen LogP contribution in [-0.4, -0.2) is 16.2 Å². The standard InChI is InChI=1S/C61H40N4O/c1-2-15-37(16-3-1)39-21-14-22-43(33-39)59-62-60(64-61(63-59)52-35-42-20-7-8-23-44(42)46-25-10-11-26-47(46)52)50-31-32-53(58-56(50)49-27-12-13-28-55(49)66-58)65-54-36-41-19-5-4-18-40(41)34-51(54)48-30-29-38-17-6-9-24-45(38)57(48)65/h1-34,36,52,59H,35H2,(H,62,63,64). The van der Waals surface area contributed by atoms with Crippen molar-refractivity contribution in [1.29, 1.82) is 0 Å². The first-order valence-corrected chi connectivity index (χ1v) is 22.8. The molecule has 0 amide bonds. The van der Waals surface area contributed by atoms with Crippen LogP contribution in [0.5, 0.6) is 0 Å². The van der Waals surface area contributed by atoms with Gasteiger partial charge in [0, 0.05) is 38.4 Å². The summed E-state index contributed by atoms with van der Waals surface area (Å²) < 4.78 is 9.54. The minimum atomic E-state index is -0.398. The third-order valence-electron chi connectivity index (χ3n) is 14.0. The number of hydrogen-bond acceptors (Lipinski definition) is 4. The number of benzene rings is 10. The van der Waals surface area contributed by atoms with E-state index in [0.717, 1.165) is 73.4 Å². The number of amidine groups is 2. The maximum atomic E-state index is 7.11. The zero-order valence-electron chi connectivity index (χ0n) is 35.8. The summed E-state index contributed by atoms with van der Waals surface area (Å²) in [6.45, 7) is 0. The summed E-state index contributed by atoms with van der Waals surface area (Å²) in [5.41, 5.74) is 14.3. The summed E-state index contributed by atoms with van der Waals surface area (Å²) in [7, 11) is 0. The topological polar surface area (TPSA) is 54.8 Å². The normalized spacial score (nSPS) is 15.8. The number of hydrogen-bond donors (Lipinski definition) is 1. The van der Waals surface area contributed by atoms with Gasteiger partial charge in [-0.1, -0.05) is 176 Å². The Bertz CT molecular complexity index is 4020. The van der Waals surface area contributed by atoms with Crippen LogP contribution >= 0.6 is 0 Å². The smallest absolute Gasteiger partial charge is 0.160 e. The van der Waals surface area contributed by atoms with Crippen molar-refractivity contribution in [3.05, 3.63) is 235 Å². The first-order valence-electron chi connectivity index (χ1n) is 22.8. The number of aromatic nitrogens is 1. The molecule has 1 aliphatic carbocycles. The van der Waals surface area contributed by atoms with Gasteiger partial charge in [-0.25, -0.2) is 9.98 Å². The first kappa shape index (κ1) is 36.9. The zero-order valence-corrected chi connectivity index (χ0v) is 35.8. The molecule has 5 heteroatoms. The molecule has 12 aromatic rings. The lowest BCUT2D eigenvalue weighted by atomic mass is 9.78. The highest BCUT2D eigenvalue weighted by molar-refractivity contribution is 6.25. The Morgan fingerprint density at radius 2 is 1.24 bits per heavy atom. The van der Waals surface area contributed by atoms with Crippen LogP contribution in [0.15, 0.2) is 227 Å². The third-order valence-corrected chi connectivity index (χ3v) is 14.0. The largest absolute Gasteiger partial charge is 0.454 e. The lowest BCUT2D eigenvalue weighted by Gasteiger charge is -2.31. The Hall–Kier alpha value is -8.54. The maximum absolute atomic E-state index is 7.11. The molecule has 0 saturated carbocycles. The predicted octanol–water partition coefficient (Wildman–Crippen LogP) is 15.1. The second-order valence-corrected chi connectivity index (χ2v) is 17.7. The van der Waals surface area contributed by atoms with E-state index in [-0.39, 0.29) is 5.92 Å². The molecular formula is C61H40N4O. The van der Waals surface area contributed by atoms with Gasteiger partial charge in [-0.3, -0.25) is 0 Å². The fourth-order valence-electron chi connectivity index (χ4n) is 10.9. The highest BCUT2D eigenvalue weighted by atomic mass is 16.3. The average Bonchev–Trinajstić information content (AvgIpc) is 3.94. The van der Waals surface area contributed by atoms with Crippen molar-refractivity contribution in [1.82, 2.24) is 9.88 Å². The molecule has 1 aliphatic heterocycles. The third kappa shape index (κ3) is 5.66. The molecule has 66 heavy (non-hydrogen) atoms. The van der Waals surface area contributed by atoms with Gasteiger partial charge >= 0.3 is 0 Å². The van der Waals surface area contributed by atoms with E-state index in [1.807, 2.05) is 0 Å². The molecule has 14 rings (SSSR count). The summed E-state index contributed by atoms with van der Waals surface area (Å²) >= 11 is 0. The Kier molecular flexibility index (Phi) is 8.10. The first-order chi connectivity index (χ1) is 32.7. The number of fused-ring (bicyclic) bond motifs is 12. The van der Waals surface area contributed by atoms with Gasteiger partial charge in [-0.05, 0) is 97.9 Å². The molecule has 0 saturated heterocycles. The molecular weight excluding hydrogens is 805 g/mol. The van der Waals surface area contributed by atoms with Crippen LogP contribution in [0, 0.1) is 0 Å². The summed E-state index contributed by atoms with van der Waals surface area (Å²) in [5, 5.41) is 13.1. The second kappa shape index (κ2) is 14.5. The SMILES string of the molecule is c1ccc(-c2cccc(C3N=C(C4Cc5ccccc5-c5ccccc54)N=C(c4ccc(-n5c6cc7ccccc7cc6c6ccc7ccccc7c65)c5oc6ccccc6c45)N3)c2)cc1. The minimum absolute atomic E-state index is 0.0513. The molecule has 5 nitrogen and oxygen atoms in total. The van der Waals surface area contributed by atoms with Crippen molar-refractivity contribution >= 4 is 77.0 Å². The van der Waals surface area contributed by atoms with Gasteiger partial charge in [0.25, 0.3) is 0 Å². The molecule has 2 unspecified atom stereocenters. The second-order valence-electron chi connectivity index (χ2n) is 17.7. The van der Waals surface area contributed by atoms with Gasteiger partial charge in [0.1, 0.15) is 23.4 Å². The van der Waals surface area contributed by atoms with E-state index in [0.29, 0.717) is 0 Å². The van der Waals surface area contributed by atoms with E-state index in [1.165, 1.54) is 60.1 Å². The number of aliphatic imine (C=N–C) groups is 2. The maximum Gasteiger partial charge on any atom is 0.160 e. The zero-order chi connectivity index (χ0) is 43.3. The molecule has 3 heterocycles. The van der Waals surface area contributed by atoms with Gasteiger partial charge < -0.3 is 14.3 Å². The molecule has 2 aliphatic rings. The van der Waals surface area contributed by atoms with Crippen LogP contribution in [-0.2, 0) is 6.42 Å². The number of nitrogens with one attached hydrogen (secondary N) is 1. The minimum Gasteiger partial charge on any atom is -0.454 e. The number of para-hydroxylation sites is 1. The molecule has 2 aromatic heterocycles. The Balaban J connectivity index is 1.02. The van der Waals surface area contributed by atoms with E-state index >= 15 is 0 Å². The molecule has 310 valence electrons. The lowest BCUT2D eigenvalue weighted by Crippen LogP contribution is -2.35. The molecule has 0 bridgehead atoms. The molecule has 0 spiro atoms. The Morgan fingerprint density at radius 3 is 2.14 bits per heavy atom. The van der Waals surface area contributed by atoms with Crippen molar-refractivity contribution in [2.45, 2.75) is 18.5 Å². The van der Waals surface area contributed by atoms with Crippen LogP contribution in [0.1, 0.15) is 34.3 Å². The monoisotopic (exact) mass is 844 g/mol. The Morgan fingerprint density at radius 1 is 0.515 bits per heavy atom. The lowest BCUT2D eigenvalue weighted by molar-refractivity contribution is 0.660. The van der Waals surface area contributed by atoms with Crippen LogP contribution < -0.4 is 5.32 Å². The summed E-state index contributed by atoms with van der Waals surface area (Å²) in [6, 6.07) is 76.4. The number of rotatable bonds is 5. The number of nitrogens with zero attached hydrogens (tertiary/aromatic N) is 3. The van der Waals surface area contributed by atoms with Crippen LogP contribution in [0.3, 0.4) is 0 Å². The van der Waals surface area contributed by atoms with Crippen molar-refractivity contribution in [3.8, 4) is 27.9 Å². The molecule has 0 fully saturated rings. The van der Waals surface area contributed by atoms with E-state index in [2.05, 4.69) is 222 Å². The van der Waals surface area contributed by atoms with E-state index in [4.69, 9.17) is 14.4 Å². The fourth-order valence-corrected chi connectivity index (χ4v) is 10.9. The molecule has 2 atom stereocenters. The van der Waals surface area contributed by atoms with Crippen molar-refractivity contribution in [2.75, 3.05) is 0 Å². The van der Waals surface area contributed by atoms with Crippen LogP contribution in [0.2, 0.25) is 0 Å². The summed E-state index contributed by atoms with van der Waals surface area (Å²) in [5.74, 6) is 1.53. The quantitative estimate of drug-likeness (QED) is 0.188. The van der Waals surface area contributed by atoms with Crippen molar-refractivity contribution in [2.24, 2.45) is 9.98 Å². The summed E-state index contributed by atoms with van der Waals surface area (Å²) in [4.78, 5) is 11.2. The number of furan rings is 1. The van der Waals surface area contributed by atoms with Crippen molar-refractivity contribution in [3.63, 3.8) is 0 Å². The molecule has 1 N–H and O–H groups in total. The average molecular weight is 845 g/mol. The van der Waals surface area contributed by atoms with Gasteiger partial charge in [0.15, 0.2) is 5.58 Å². The van der Waals surface area contributed by atoms with Crippen molar-refractivity contribution < 1.29 is 4.42 Å². The van der Waals surface area contributed by atoms with Gasteiger partial charge in [0.05, 0.1) is 16.7 Å². The van der Waals surface area contributed by atoms with E-state index < -0.39 is 6.17 Å². The molecule has 0 radical (unpaired) electrons. The predicted molar refractivity (Wildman–Crippen MR) is 273 cm³/mol. The fraction of sp³-hybridized carbons (Fsp3) is 0.0492. The summed E-state index contributed by atoms with van der Waals surface area (Å²) in [6.07, 6.45) is 0.407. The van der Waals surface area contributed by atoms with E-state index in [9.17, 15) is 0 Å². The Labute approximate surface area is 380 Å². The van der Waals surface area contributed by atoms with Gasteiger partial charge in [0.2, 0.25) is 0 Å². The highest BCUT2D eigenvalue weighted by Crippen LogP contribution is 2.45. The highest BCUT2D eigenvalue weighted by Gasteiger charge is 2.33. The van der Waals surface area contributed by atoms with Gasteiger partial charge in [-0.15, -0.1) is 0 Å². The van der Waals surface area contributed by atoms with Crippen LogP contribution in [0.25, 0.3) is 93.2 Å². The van der Waals surface area contributed by atoms with E-state index in [1.54, 1.807) is 0 Å². The van der Waals surface area contributed by atoms with Crippen LogP contribution in [0.4, 0.5) is 0 Å². The molecule has 10 aromatic carbocycles. The van der Waals surface area contributed by atoms with Gasteiger partial charge in [-0.2, -0.15) is 0 Å².